The van der Waals surface area contributed by atoms with Crippen molar-refractivity contribution in [3.05, 3.63) is 29.4 Å². The molecule has 2 N–H and O–H groups in total. The number of aromatic nitrogens is 2. The minimum atomic E-state index is -0.992. The van der Waals surface area contributed by atoms with E-state index in [4.69, 9.17) is 5.11 Å². The number of aromatic amines is 1. The van der Waals surface area contributed by atoms with Gasteiger partial charge in [0.05, 0.1) is 5.69 Å². The van der Waals surface area contributed by atoms with Crippen LogP contribution in [0, 0.1) is 0 Å². The Kier molecular flexibility index (Phi) is 1.86. The van der Waals surface area contributed by atoms with E-state index in [9.17, 15) is 4.79 Å². The molecule has 13 heavy (non-hydrogen) atoms. The van der Waals surface area contributed by atoms with Gasteiger partial charge in [-0.3, -0.25) is 0 Å². The summed E-state index contributed by atoms with van der Waals surface area (Å²) < 4.78 is 0. The van der Waals surface area contributed by atoms with Crippen LogP contribution in [0.15, 0.2) is 23.7 Å². The third-order valence-corrected chi connectivity index (χ3v) is 2.43. The molecule has 0 bridgehead atoms. The SMILES string of the molecule is O=C(O)c1csc(-c2ccc[nH]2)n1. The highest BCUT2D eigenvalue weighted by Crippen LogP contribution is 2.21. The number of nitrogens with zero attached hydrogens (tertiary/aromatic N) is 1. The molecule has 0 saturated carbocycles. The second-order valence-corrected chi connectivity index (χ2v) is 3.28. The van der Waals surface area contributed by atoms with E-state index in [-0.39, 0.29) is 5.69 Å². The van der Waals surface area contributed by atoms with E-state index in [1.165, 1.54) is 16.7 Å². The zero-order valence-electron chi connectivity index (χ0n) is 6.52. The first kappa shape index (κ1) is 8.00. The summed E-state index contributed by atoms with van der Waals surface area (Å²) in [6, 6.07) is 3.70. The Bertz CT molecular complexity index is 419. The third-order valence-electron chi connectivity index (χ3n) is 1.55. The zero-order chi connectivity index (χ0) is 9.26. The highest BCUT2D eigenvalue weighted by Gasteiger charge is 2.09. The molecule has 66 valence electrons. The summed E-state index contributed by atoms with van der Waals surface area (Å²) in [5.41, 5.74) is 0.937. The van der Waals surface area contributed by atoms with E-state index in [2.05, 4.69) is 9.97 Å². The Hall–Kier alpha value is -1.62. The van der Waals surface area contributed by atoms with Gasteiger partial charge in [0.1, 0.15) is 5.01 Å². The standard InChI is InChI=1S/C8H6N2O2S/c11-8(12)6-4-13-7(10-6)5-2-1-3-9-5/h1-4,9H,(H,11,12). The van der Waals surface area contributed by atoms with Gasteiger partial charge < -0.3 is 10.1 Å². The lowest BCUT2D eigenvalue weighted by molar-refractivity contribution is 0.0691. The van der Waals surface area contributed by atoms with Crippen molar-refractivity contribution in [3.8, 4) is 10.7 Å². The predicted octanol–water partition coefficient (Wildman–Crippen LogP) is 1.84. The molecule has 0 aromatic carbocycles. The fourth-order valence-electron chi connectivity index (χ4n) is 0.959. The van der Waals surface area contributed by atoms with Gasteiger partial charge in [-0.15, -0.1) is 11.3 Å². The van der Waals surface area contributed by atoms with Crippen molar-refractivity contribution in [2.45, 2.75) is 0 Å². The lowest BCUT2D eigenvalue weighted by atomic mass is 10.4. The summed E-state index contributed by atoms with van der Waals surface area (Å²) in [7, 11) is 0. The average Bonchev–Trinajstić information content (AvgIpc) is 2.75. The number of aromatic carboxylic acids is 1. The summed E-state index contributed by atoms with van der Waals surface area (Å²) in [5, 5.41) is 10.9. The fraction of sp³-hybridized carbons (Fsp3) is 0. The number of hydrogen-bond donors (Lipinski definition) is 2. The van der Waals surface area contributed by atoms with Crippen LogP contribution in [0.3, 0.4) is 0 Å². The van der Waals surface area contributed by atoms with Crippen molar-refractivity contribution in [2.24, 2.45) is 0 Å². The average molecular weight is 194 g/mol. The first-order valence-corrected chi connectivity index (χ1v) is 4.48. The molecule has 2 aromatic heterocycles. The topological polar surface area (TPSA) is 66.0 Å². The Morgan fingerprint density at radius 3 is 3.00 bits per heavy atom. The van der Waals surface area contributed by atoms with Crippen LogP contribution in [-0.2, 0) is 0 Å². The van der Waals surface area contributed by atoms with Gasteiger partial charge in [0, 0.05) is 11.6 Å². The van der Waals surface area contributed by atoms with Crippen LogP contribution in [-0.4, -0.2) is 21.0 Å². The smallest absolute Gasteiger partial charge is 0.355 e. The molecule has 0 aliphatic heterocycles. The number of carbonyl (C=O) groups is 1. The van der Waals surface area contributed by atoms with Crippen LogP contribution in [0.1, 0.15) is 10.5 Å². The zero-order valence-corrected chi connectivity index (χ0v) is 7.34. The number of carboxylic acids is 1. The molecule has 0 aliphatic carbocycles. The van der Waals surface area contributed by atoms with E-state index in [1.54, 1.807) is 6.20 Å². The van der Waals surface area contributed by atoms with Crippen LogP contribution < -0.4 is 0 Å². The lowest BCUT2D eigenvalue weighted by Gasteiger charge is -1.87. The molecular weight excluding hydrogens is 188 g/mol. The molecule has 0 atom stereocenters. The molecule has 0 aliphatic rings. The highest BCUT2D eigenvalue weighted by molar-refractivity contribution is 7.13. The molecule has 0 fully saturated rings. The van der Waals surface area contributed by atoms with Crippen molar-refractivity contribution < 1.29 is 9.90 Å². The van der Waals surface area contributed by atoms with Gasteiger partial charge in [0.2, 0.25) is 0 Å². The first-order valence-electron chi connectivity index (χ1n) is 3.60. The van der Waals surface area contributed by atoms with Crippen LogP contribution in [0.5, 0.6) is 0 Å². The summed E-state index contributed by atoms with van der Waals surface area (Å²) in [5.74, 6) is -0.992. The minimum absolute atomic E-state index is 0.0922. The first-order chi connectivity index (χ1) is 6.27. The minimum Gasteiger partial charge on any atom is -0.476 e. The molecule has 2 aromatic rings. The van der Waals surface area contributed by atoms with Crippen molar-refractivity contribution in [1.82, 2.24) is 9.97 Å². The quantitative estimate of drug-likeness (QED) is 0.766. The van der Waals surface area contributed by atoms with Gasteiger partial charge in [-0.05, 0) is 12.1 Å². The van der Waals surface area contributed by atoms with E-state index in [0.717, 1.165) is 5.69 Å². The molecule has 0 saturated heterocycles. The monoisotopic (exact) mass is 194 g/mol. The Labute approximate surface area is 77.9 Å². The largest absolute Gasteiger partial charge is 0.476 e. The third kappa shape index (κ3) is 1.46. The summed E-state index contributed by atoms with van der Waals surface area (Å²) in [6.07, 6.45) is 1.77. The molecule has 4 nitrogen and oxygen atoms in total. The molecule has 0 amide bonds. The summed E-state index contributed by atoms with van der Waals surface area (Å²) >= 11 is 1.31. The Morgan fingerprint density at radius 1 is 1.62 bits per heavy atom. The van der Waals surface area contributed by atoms with Crippen LogP contribution in [0.4, 0.5) is 0 Å². The highest BCUT2D eigenvalue weighted by atomic mass is 32.1. The van der Waals surface area contributed by atoms with Crippen molar-refractivity contribution >= 4 is 17.3 Å². The normalized spacial score (nSPS) is 10.2. The van der Waals surface area contributed by atoms with Gasteiger partial charge in [0.15, 0.2) is 5.69 Å². The van der Waals surface area contributed by atoms with E-state index >= 15 is 0 Å². The van der Waals surface area contributed by atoms with E-state index < -0.39 is 5.97 Å². The lowest BCUT2D eigenvalue weighted by Crippen LogP contribution is -1.95. The Balaban J connectivity index is 2.39. The van der Waals surface area contributed by atoms with Crippen molar-refractivity contribution in [1.29, 1.82) is 0 Å². The molecule has 0 unspecified atom stereocenters. The second kappa shape index (κ2) is 3.02. The van der Waals surface area contributed by atoms with Gasteiger partial charge in [-0.25, -0.2) is 9.78 Å². The van der Waals surface area contributed by atoms with Gasteiger partial charge in [-0.1, -0.05) is 0 Å². The number of nitrogens with one attached hydrogen (secondary N) is 1. The van der Waals surface area contributed by atoms with Gasteiger partial charge in [0.25, 0.3) is 0 Å². The number of rotatable bonds is 2. The molecule has 5 heteroatoms. The van der Waals surface area contributed by atoms with Crippen LogP contribution >= 0.6 is 11.3 Å². The number of carboxylic acid groups (broad SMARTS) is 1. The molecule has 0 spiro atoms. The van der Waals surface area contributed by atoms with Crippen molar-refractivity contribution in [2.75, 3.05) is 0 Å². The molecule has 2 rings (SSSR count). The summed E-state index contributed by atoms with van der Waals surface area (Å²) in [4.78, 5) is 17.4. The number of thiazole rings is 1. The van der Waals surface area contributed by atoms with Gasteiger partial charge in [-0.2, -0.15) is 0 Å². The van der Waals surface area contributed by atoms with Crippen molar-refractivity contribution in [3.63, 3.8) is 0 Å². The molecule has 2 heterocycles. The van der Waals surface area contributed by atoms with Gasteiger partial charge >= 0.3 is 5.97 Å². The van der Waals surface area contributed by atoms with Crippen LogP contribution in [0.2, 0.25) is 0 Å². The summed E-state index contributed by atoms with van der Waals surface area (Å²) in [6.45, 7) is 0. The molecule has 0 radical (unpaired) electrons. The predicted molar refractivity (Wildman–Crippen MR) is 48.9 cm³/mol. The van der Waals surface area contributed by atoms with E-state index in [0.29, 0.717) is 5.01 Å². The maximum absolute atomic E-state index is 10.5. The van der Waals surface area contributed by atoms with E-state index in [1.807, 2.05) is 12.1 Å². The molecular formula is C8H6N2O2S. The second-order valence-electron chi connectivity index (χ2n) is 2.43. The maximum Gasteiger partial charge on any atom is 0.355 e. The number of H-pyrrole nitrogens is 1. The Morgan fingerprint density at radius 2 is 2.46 bits per heavy atom. The van der Waals surface area contributed by atoms with Crippen LogP contribution in [0.25, 0.3) is 10.7 Å². The maximum atomic E-state index is 10.5. The fourth-order valence-corrected chi connectivity index (χ4v) is 1.74. The number of hydrogen-bond acceptors (Lipinski definition) is 3.